The largest absolute Gasteiger partial charge is 0.504 e. The molecular formula is C29H31IN4O4. The summed E-state index contributed by atoms with van der Waals surface area (Å²) in [6, 6.07) is 19.7. The first-order valence-electron chi connectivity index (χ1n) is 12.3. The Morgan fingerprint density at radius 2 is 1.68 bits per heavy atom. The maximum absolute atomic E-state index is 13.1. The molecule has 0 fully saturated rings. The van der Waals surface area contributed by atoms with Crippen molar-refractivity contribution in [1.29, 1.82) is 0 Å². The third-order valence-corrected chi connectivity index (χ3v) is 6.41. The van der Waals surface area contributed by atoms with E-state index < -0.39 is 11.8 Å². The van der Waals surface area contributed by atoms with Crippen molar-refractivity contribution >= 4 is 52.4 Å². The Balaban J connectivity index is 1.84. The van der Waals surface area contributed by atoms with E-state index in [1.54, 1.807) is 42.5 Å². The number of anilines is 1. The second-order valence-corrected chi connectivity index (χ2v) is 9.29. The number of hydrazone groups is 1. The molecule has 2 amide bonds. The number of amides is 2. The first kappa shape index (κ1) is 28.7. The Morgan fingerprint density at radius 1 is 1.00 bits per heavy atom. The van der Waals surface area contributed by atoms with E-state index in [4.69, 9.17) is 4.74 Å². The second kappa shape index (κ2) is 14.2. The number of ether oxygens (including phenoxy) is 1. The lowest BCUT2D eigenvalue weighted by Gasteiger charge is -2.21. The summed E-state index contributed by atoms with van der Waals surface area (Å²) in [7, 11) is 0. The van der Waals surface area contributed by atoms with Gasteiger partial charge in [-0.1, -0.05) is 30.3 Å². The molecular weight excluding hydrogens is 595 g/mol. The van der Waals surface area contributed by atoms with Crippen molar-refractivity contribution < 1.29 is 19.4 Å². The predicted octanol–water partition coefficient (Wildman–Crippen LogP) is 5.16. The SMILES string of the molecule is CCOc1cc(/C=N/NC(=O)C(=Cc2ccc(N(CC)CC)cc2)NC(=O)c2ccccc2)cc(I)c1O. The Bertz CT molecular complexity index is 1300. The summed E-state index contributed by atoms with van der Waals surface area (Å²) in [5, 5.41) is 16.9. The van der Waals surface area contributed by atoms with Gasteiger partial charge in [-0.05, 0) is 97.0 Å². The maximum atomic E-state index is 13.1. The van der Waals surface area contributed by atoms with E-state index in [2.05, 4.69) is 34.6 Å². The van der Waals surface area contributed by atoms with Crippen molar-refractivity contribution in [2.45, 2.75) is 20.8 Å². The topological polar surface area (TPSA) is 103 Å². The zero-order valence-electron chi connectivity index (χ0n) is 21.6. The van der Waals surface area contributed by atoms with E-state index in [9.17, 15) is 14.7 Å². The predicted molar refractivity (Wildman–Crippen MR) is 160 cm³/mol. The van der Waals surface area contributed by atoms with Crippen LogP contribution in [0.4, 0.5) is 5.69 Å². The fraction of sp³-hybridized carbons (Fsp3) is 0.207. The molecule has 38 heavy (non-hydrogen) atoms. The average molecular weight is 626 g/mol. The molecule has 3 aromatic rings. The number of benzene rings is 3. The highest BCUT2D eigenvalue weighted by atomic mass is 127. The lowest BCUT2D eigenvalue weighted by atomic mass is 10.1. The smallest absolute Gasteiger partial charge is 0.287 e. The molecule has 3 N–H and O–H groups in total. The summed E-state index contributed by atoms with van der Waals surface area (Å²) in [5.74, 6) is -0.618. The zero-order valence-corrected chi connectivity index (χ0v) is 23.7. The minimum Gasteiger partial charge on any atom is -0.504 e. The average Bonchev–Trinajstić information content (AvgIpc) is 2.93. The first-order valence-corrected chi connectivity index (χ1v) is 13.4. The van der Waals surface area contributed by atoms with Crippen LogP contribution >= 0.6 is 22.6 Å². The van der Waals surface area contributed by atoms with Crippen LogP contribution < -0.4 is 20.4 Å². The zero-order chi connectivity index (χ0) is 27.5. The van der Waals surface area contributed by atoms with Gasteiger partial charge in [-0.25, -0.2) is 5.43 Å². The molecule has 0 radical (unpaired) electrons. The normalized spacial score (nSPS) is 11.3. The number of hydrogen-bond donors (Lipinski definition) is 3. The number of rotatable bonds is 11. The maximum Gasteiger partial charge on any atom is 0.287 e. The number of nitrogens with zero attached hydrogens (tertiary/aromatic N) is 2. The van der Waals surface area contributed by atoms with Gasteiger partial charge >= 0.3 is 0 Å². The third-order valence-electron chi connectivity index (χ3n) is 5.59. The van der Waals surface area contributed by atoms with Crippen LogP contribution in [0.3, 0.4) is 0 Å². The monoisotopic (exact) mass is 626 g/mol. The number of carbonyl (C=O) groups excluding carboxylic acids is 2. The Kier molecular flexibility index (Phi) is 10.7. The molecule has 0 atom stereocenters. The summed E-state index contributed by atoms with van der Waals surface area (Å²) >= 11 is 1.99. The van der Waals surface area contributed by atoms with Crippen LogP contribution in [0.5, 0.6) is 11.5 Å². The highest BCUT2D eigenvalue weighted by Gasteiger charge is 2.15. The van der Waals surface area contributed by atoms with E-state index in [1.165, 1.54) is 6.21 Å². The molecule has 3 aromatic carbocycles. The lowest BCUT2D eigenvalue weighted by Crippen LogP contribution is -2.32. The second-order valence-electron chi connectivity index (χ2n) is 8.12. The molecule has 8 nitrogen and oxygen atoms in total. The van der Waals surface area contributed by atoms with Gasteiger partial charge in [0.25, 0.3) is 11.8 Å². The van der Waals surface area contributed by atoms with Crippen molar-refractivity contribution in [3.8, 4) is 11.5 Å². The minimum absolute atomic E-state index is 0.0434. The van der Waals surface area contributed by atoms with Crippen LogP contribution in [0, 0.1) is 3.57 Å². The number of halogens is 1. The molecule has 198 valence electrons. The third kappa shape index (κ3) is 7.82. The molecule has 3 rings (SSSR count). The van der Waals surface area contributed by atoms with Gasteiger partial charge in [-0.2, -0.15) is 5.10 Å². The molecule has 0 saturated heterocycles. The van der Waals surface area contributed by atoms with E-state index in [-0.39, 0.29) is 11.4 Å². The van der Waals surface area contributed by atoms with Crippen molar-refractivity contribution in [3.05, 3.63) is 92.7 Å². The molecule has 0 aromatic heterocycles. The molecule has 0 aliphatic rings. The van der Waals surface area contributed by atoms with Crippen LogP contribution in [0.25, 0.3) is 6.08 Å². The van der Waals surface area contributed by atoms with Gasteiger partial charge in [0.1, 0.15) is 5.70 Å². The number of carbonyl (C=O) groups is 2. The number of aromatic hydroxyl groups is 1. The van der Waals surface area contributed by atoms with Crippen LogP contribution in [0.15, 0.2) is 77.5 Å². The number of hydrogen-bond acceptors (Lipinski definition) is 6. The molecule has 0 aliphatic heterocycles. The van der Waals surface area contributed by atoms with Gasteiger partial charge in [-0.3, -0.25) is 9.59 Å². The van der Waals surface area contributed by atoms with Crippen molar-refractivity contribution in [2.75, 3.05) is 24.6 Å². The molecule has 0 heterocycles. The summed E-state index contributed by atoms with van der Waals surface area (Å²) < 4.78 is 6.04. The lowest BCUT2D eigenvalue weighted by molar-refractivity contribution is -0.117. The molecule has 0 spiro atoms. The van der Waals surface area contributed by atoms with E-state index in [0.717, 1.165) is 24.3 Å². The van der Waals surface area contributed by atoms with E-state index >= 15 is 0 Å². The Hall–Kier alpha value is -3.86. The van der Waals surface area contributed by atoms with Gasteiger partial charge in [0.15, 0.2) is 11.5 Å². The molecule has 0 aliphatic carbocycles. The highest BCUT2D eigenvalue weighted by Crippen LogP contribution is 2.32. The summed E-state index contributed by atoms with van der Waals surface area (Å²) in [6.07, 6.45) is 3.05. The summed E-state index contributed by atoms with van der Waals surface area (Å²) in [6.45, 7) is 8.17. The Labute approximate surface area is 236 Å². The summed E-state index contributed by atoms with van der Waals surface area (Å²) in [4.78, 5) is 28.1. The van der Waals surface area contributed by atoms with Crippen molar-refractivity contribution in [1.82, 2.24) is 10.7 Å². The van der Waals surface area contributed by atoms with Crippen molar-refractivity contribution in [3.63, 3.8) is 0 Å². The van der Waals surface area contributed by atoms with E-state index in [0.29, 0.717) is 27.1 Å². The van der Waals surface area contributed by atoms with Gasteiger partial charge in [0, 0.05) is 24.3 Å². The Morgan fingerprint density at radius 3 is 2.32 bits per heavy atom. The number of phenolic OH excluding ortho intramolecular Hbond substituents is 1. The molecule has 9 heteroatoms. The molecule has 0 unspecified atom stereocenters. The first-order chi connectivity index (χ1) is 18.4. The fourth-order valence-corrected chi connectivity index (χ4v) is 4.26. The number of nitrogens with one attached hydrogen (secondary N) is 2. The fourth-order valence-electron chi connectivity index (χ4n) is 3.64. The van der Waals surface area contributed by atoms with E-state index in [1.807, 2.05) is 59.8 Å². The van der Waals surface area contributed by atoms with Gasteiger partial charge in [-0.15, -0.1) is 0 Å². The minimum atomic E-state index is -0.586. The highest BCUT2D eigenvalue weighted by molar-refractivity contribution is 14.1. The van der Waals surface area contributed by atoms with Gasteiger partial charge in [0.2, 0.25) is 0 Å². The van der Waals surface area contributed by atoms with Crippen LogP contribution in [-0.4, -0.2) is 42.8 Å². The molecule has 0 saturated carbocycles. The van der Waals surface area contributed by atoms with Crippen molar-refractivity contribution in [2.24, 2.45) is 5.10 Å². The van der Waals surface area contributed by atoms with Crippen LogP contribution in [0.2, 0.25) is 0 Å². The summed E-state index contributed by atoms with van der Waals surface area (Å²) in [5.41, 5.74) is 5.39. The molecule has 0 bridgehead atoms. The quantitative estimate of drug-likeness (QED) is 0.118. The van der Waals surface area contributed by atoms with Gasteiger partial charge < -0.3 is 20.1 Å². The van der Waals surface area contributed by atoms with Crippen LogP contribution in [0.1, 0.15) is 42.3 Å². The standard InChI is InChI=1S/C29H31IN4O4/c1-4-34(5-2)23-14-12-20(13-15-23)17-25(32-28(36)22-10-8-7-9-11-22)29(37)33-31-19-21-16-24(30)27(35)26(18-21)38-6-3/h7-19,35H,4-6H2,1-3H3,(H,32,36)(H,33,37)/b25-17?,31-19+. The number of phenols is 1. The van der Waals surface area contributed by atoms with Gasteiger partial charge in [0.05, 0.1) is 16.4 Å². The van der Waals surface area contributed by atoms with Crippen LogP contribution in [-0.2, 0) is 4.79 Å².